The lowest BCUT2D eigenvalue weighted by Gasteiger charge is -2.20. The highest BCUT2D eigenvalue weighted by molar-refractivity contribution is 9.11. The van der Waals surface area contributed by atoms with E-state index in [0.29, 0.717) is 11.0 Å². The molecule has 0 bridgehead atoms. The van der Waals surface area contributed by atoms with Crippen molar-refractivity contribution in [2.75, 3.05) is 13.1 Å². The Bertz CT molecular complexity index is 609. The maximum absolute atomic E-state index is 12.5. The number of hydrogen-bond donors (Lipinski definition) is 0. The zero-order valence-corrected chi connectivity index (χ0v) is 14.6. The summed E-state index contributed by atoms with van der Waals surface area (Å²) in [6.45, 7) is 4.18. The first-order chi connectivity index (χ1) is 8.84. The van der Waals surface area contributed by atoms with Gasteiger partial charge in [-0.2, -0.15) is 9.57 Å². The monoisotopic (exact) mass is 408 g/mol. The number of halogens is 2. The van der Waals surface area contributed by atoms with Gasteiger partial charge in [-0.15, -0.1) is 0 Å². The lowest BCUT2D eigenvalue weighted by atomic mass is 10.2. The molecule has 0 aromatic heterocycles. The summed E-state index contributed by atoms with van der Waals surface area (Å²) in [7, 11) is -3.59. The number of nitrogens with zero attached hydrogens (tertiary/aromatic N) is 2. The number of rotatable bonds is 5. The molecule has 0 aliphatic rings. The van der Waals surface area contributed by atoms with Crippen molar-refractivity contribution in [3.63, 3.8) is 0 Å². The van der Waals surface area contributed by atoms with Crippen molar-refractivity contribution in [1.29, 1.82) is 5.26 Å². The quantitative estimate of drug-likeness (QED) is 0.748. The molecule has 0 saturated heterocycles. The van der Waals surface area contributed by atoms with Crippen molar-refractivity contribution in [3.8, 4) is 6.07 Å². The van der Waals surface area contributed by atoms with E-state index in [2.05, 4.69) is 31.9 Å². The molecule has 1 aromatic carbocycles. The molecule has 0 fully saturated rings. The molecule has 104 valence electrons. The van der Waals surface area contributed by atoms with Crippen LogP contribution < -0.4 is 0 Å². The van der Waals surface area contributed by atoms with E-state index >= 15 is 0 Å². The van der Waals surface area contributed by atoms with Gasteiger partial charge in [0.05, 0.1) is 11.0 Å². The van der Waals surface area contributed by atoms with Gasteiger partial charge in [0.1, 0.15) is 0 Å². The van der Waals surface area contributed by atoms with Crippen LogP contribution in [0.15, 0.2) is 26.0 Å². The molecule has 19 heavy (non-hydrogen) atoms. The molecule has 0 spiro atoms. The number of benzene rings is 1. The van der Waals surface area contributed by atoms with Crippen molar-refractivity contribution in [3.05, 3.63) is 26.6 Å². The Labute approximate surface area is 130 Å². The third-order valence-corrected chi connectivity index (χ3v) is 6.44. The van der Waals surface area contributed by atoms with Crippen LogP contribution >= 0.6 is 31.9 Å². The van der Waals surface area contributed by atoms with Crippen LogP contribution in [0.5, 0.6) is 0 Å². The summed E-state index contributed by atoms with van der Waals surface area (Å²) in [6.07, 6.45) is 0.178. The van der Waals surface area contributed by atoms with Crippen molar-refractivity contribution in [2.24, 2.45) is 0 Å². The predicted octanol–water partition coefficient (Wildman–Crippen LogP) is 3.44. The van der Waals surface area contributed by atoms with Gasteiger partial charge in [-0.05, 0) is 40.5 Å². The van der Waals surface area contributed by atoms with E-state index in [4.69, 9.17) is 5.26 Å². The number of hydrogen-bond acceptors (Lipinski definition) is 3. The van der Waals surface area contributed by atoms with Crippen molar-refractivity contribution < 1.29 is 8.42 Å². The van der Waals surface area contributed by atoms with Crippen LogP contribution in [-0.2, 0) is 10.0 Å². The molecule has 0 radical (unpaired) electrons. The summed E-state index contributed by atoms with van der Waals surface area (Å²) in [5.74, 6) is 0. The van der Waals surface area contributed by atoms with Gasteiger partial charge < -0.3 is 0 Å². The first-order valence-corrected chi connectivity index (χ1v) is 8.70. The maximum Gasteiger partial charge on any atom is 0.244 e. The van der Waals surface area contributed by atoms with Gasteiger partial charge in [0.2, 0.25) is 10.0 Å². The highest BCUT2D eigenvalue weighted by atomic mass is 79.9. The minimum Gasteiger partial charge on any atom is -0.207 e. The van der Waals surface area contributed by atoms with Gasteiger partial charge in [-0.1, -0.05) is 22.9 Å². The average molecular weight is 410 g/mol. The Hall–Kier alpha value is -0.420. The molecule has 0 saturated carbocycles. The van der Waals surface area contributed by atoms with Gasteiger partial charge in [-0.25, -0.2) is 8.42 Å². The Morgan fingerprint density at radius 2 is 1.95 bits per heavy atom. The van der Waals surface area contributed by atoms with Crippen LogP contribution in [0, 0.1) is 18.3 Å². The zero-order valence-electron chi connectivity index (χ0n) is 10.7. The van der Waals surface area contributed by atoms with Crippen LogP contribution in [0.1, 0.15) is 18.9 Å². The van der Waals surface area contributed by atoms with Crippen LogP contribution in [0.3, 0.4) is 0 Å². The van der Waals surface area contributed by atoms with E-state index in [-0.39, 0.29) is 17.9 Å². The number of aryl methyl sites for hydroxylation is 1. The summed E-state index contributed by atoms with van der Waals surface area (Å²) < 4.78 is 27.6. The van der Waals surface area contributed by atoms with Crippen molar-refractivity contribution >= 4 is 41.9 Å². The van der Waals surface area contributed by atoms with E-state index in [9.17, 15) is 8.42 Å². The fourth-order valence-corrected chi connectivity index (χ4v) is 4.68. The topological polar surface area (TPSA) is 61.2 Å². The second-order valence-electron chi connectivity index (χ2n) is 3.94. The second kappa shape index (κ2) is 6.84. The van der Waals surface area contributed by atoms with E-state index in [0.717, 1.165) is 10.0 Å². The van der Waals surface area contributed by atoms with Crippen LogP contribution in [0.25, 0.3) is 0 Å². The summed E-state index contributed by atoms with van der Waals surface area (Å²) in [4.78, 5) is 0.213. The number of nitriles is 1. The molecule has 1 aromatic rings. The van der Waals surface area contributed by atoms with Crippen LogP contribution in [0.4, 0.5) is 0 Å². The maximum atomic E-state index is 12.5. The van der Waals surface area contributed by atoms with Gasteiger partial charge in [0.25, 0.3) is 0 Å². The van der Waals surface area contributed by atoms with Gasteiger partial charge in [0.15, 0.2) is 0 Å². The van der Waals surface area contributed by atoms with Crippen LogP contribution in [-0.4, -0.2) is 25.8 Å². The molecule has 0 atom stereocenters. The van der Waals surface area contributed by atoms with E-state index in [1.165, 1.54) is 4.31 Å². The Morgan fingerprint density at radius 3 is 2.47 bits per heavy atom. The Kier molecular flexibility index (Phi) is 5.99. The fourth-order valence-electron chi connectivity index (χ4n) is 1.59. The van der Waals surface area contributed by atoms with Crippen molar-refractivity contribution in [2.45, 2.75) is 25.2 Å². The van der Waals surface area contributed by atoms with Gasteiger partial charge >= 0.3 is 0 Å². The normalized spacial score (nSPS) is 11.6. The summed E-state index contributed by atoms with van der Waals surface area (Å²) in [5.41, 5.74) is 0.950. The average Bonchev–Trinajstić information content (AvgIpc) is 2.34. The zero-order chi connectivity index (χ0) is 14.6. The third kappa shape index (κ3) is 3.78. The molecule has 0 heterocycles. The highest BCUT2D eigenvalue weighted by Crippen LogP contribution is 2.30. The first-order valence-electron chi connectivity index (χ1n) is 5.67. The van der Waals surface area contributed by atoms with Gasteiger partial charge in [-0.3, -0.25) is 0 Å². The molecule has 4 nitrogen and oxygen atoms in total. The Balaban J connectivity index is 3.26. The smallest absolute Gasteiger partial charge is 0.207 e. The standard InChI is InChI=1S/C12H14Br2N2O2S/c1-3-16(6-4-5-15)19(17,18)12-8-10(13)9(2)7-11(12)14/h7-8H,3-4,6H2,1-2H3. The fraction of sp³-hybridized carbons (Fsp3) is 0.417. The lowest BCUT2D eigenvalue weighted by molar-refractivity contribution is 0.434. The van der Waals surface area contributed by atoms with E-state index in [1.54, 1.807) is 19.1 Å². The van der Waals surface area contributed by atoms with E-state index in [1.807, 2.05) is 13.0 Å². The largest absolute Gasteiger partial charge is 0.244 e. The van der Waals surface area contributed by atoms with Crippen LogP contribution in [0.2, 0.25) is 0 Å². The number of sulfonamides is 1. The molecule has 0 aliphatic heterocycles. The van der Waals surface area contributed by atoms with E-state index < -0.39 is 10.0 Å². The minimum atomic E-state index is -3.59. The summed E-state index contributed by atoms with van der Waals surface area (Å²) in [5, 5.41) is 8.59. The molecule has 7 heteroatoms. The molecule has 0 aliphatic carbocycles. The summed E-state index contributed by atoms with van der Waals surface area (Å²) >= 11 is 6.63. The molecular weight excluding hydrogens is 396 g/mol. The SMILES string of the molecule is CCN(CCC#N)S(=O)(=O)c1cc(Br)c(C)cc1Br. The second-order valence-corrected chi connectivity index (χ2v) is 7.55. The summed E-state index contributed by atoms with van der Waals surface area (Å²) in [6, 6.07) is 5.31. The first kappa shape index (κ1) is 16.6. The lowest BCUT2D eigenvalue weighted by Crippen LogP contribution is -2.32. The minimum absolute atomic E-state index is 0.178. The molecule has 0 unspecified atom stereocenters. The molecular formula is C12H14Br2N2O2S. The molecule has 0 amide bonds. The molecule has 1 rings (SSSR count). The molecule has 0 N–H and O–H groups in total. The highest BCUT2D eigenvalue weighted by Gasteiger charge is 2.25. The predicted molar refractivity (Wildman–Crippen MR) is 81.2 cm³/mol. The van der Waals surface area contributed by atoms with Gasteiger partial charge in [0, 0.05) is 28.5 Å². The Morgan fingerprint density at radius 1 is 1.32 bits per heavy atom. The van der Waals surface area contributed by atoms with Crippen molar-refractivity contribution in [1.82, 2.24) is 4.31 Å². The third-order valence-electron chi connectivity index (χ3n) is 2.66.